The third-order valence-corrected chi connectivity index (χ3v) is 3.88. The van der Waals surface area contributed by atoms with E-state index in [9.17, 15) is 4.79 Å². The first kappa shape index (κ1) is 15.1. The van der Waals surface area contributed by atoms with Crippen LogP contribution in [0.2, 0.25) is 0 Å². The maximum Gasteiger partial charge on any atom is 0.258 e. The second-order valence-corrected chi connectivity index (χ2v) is 5.61. The number of fused-ring (bicyclic) bond motifs is 1. The highest BCUT2D eigenvalue weighted by molar-refractivity contribution is 6.11. The van der Waals surface area contributed by atoms with E-state index in [2.05, 4.69) is 39.4 Å². The van der Waals surface area contributed by atoms with E-state index in [0.29, 0.717) is 11.5 Å². The molecular weight excluding hydrogens is 294 g/mol. The van der Waals surface area contributed by atoms with Gasteiger partial charge in [-0.05, 0) is 26.3 Å². The van der Waals surface area contributed by atoms with E-state index in [1.807, 2.05) is 11.6 Å². The maximum atomic E-state index is 12.6. The molecule has 0 saturated carbocycles. The van der Waals surface area contributed by atoms with Gasteiger partial charge < -0.3 is 4.57 Å². The van der Waals surface area contributed by atoms with Gasteiger partial charge in [-0.3, -0.25) is 10.1 Å². The molecule has 3 aromatic rings. The van der Waals surface area contributed by atoms with Crippen molar-refractivity contribution < 1.29 is 4.79 Å². The number of hydrogen-bond donors (Lipinski definition) is 1. The van der Waals surface area contributed by atoms with Crippen molar-refractivity contribution in [3.63, 3.8) is 0 Å². The van der Waals surface area contributed by atoms with Crippen LogP contribution in [-0.4, -0.2) is 35.4 Å². The largest absolute Gasteiger partial charge is 0.303 e. The van der Waals surface area contributed by atoms with Crippen molar-refractivity contribution >= 4 is 22.9 Å². The van der Waals surface area contributed by atoms with Crippen LogP contribution in [0.4, 0.5) is 5.95 Å². The molecule has 3 rings (SSSR count). The van der Waals surface area contributed by atoms with E-state index in [4.69, 9.17) is 0 Å². The molecule has 8 nitrogen and oxygen atoms in total. The minimum atomic E-state index is -0.250. The fraction of sp³-hybridized carbons (Fsp3) is 0.400. The Balaban J connectivity index is 2.05. The van der Waals surface area contributed by atoms with E-state index < -0.39 is 0 Å². The Morgan fingerprint density at radius 3 is 2.87 bits per heavy atom. The molecule has 1 unspecified atom stereocenters. The Labute approximate surface area is 133 Å². The summed E-state index contributed by atoms with van der Waals surface area (Å²) in [4.78, 5) is 17.2. The van der Waals surface area contributed by atoms with E-state index >= 15 is 0 Å². The first-order valence-corrected chi connectivity index (χ1v) is 7.51. The predicted molar refractivity (Wildman–Crippen MR) is 86.2 cm³/mol. The van der Waals surface area contributed by atoms with Crippen LogP contribution in [0.3, 0.4) is 0 Å². The fourth-order valence-electron chi connectivity index (χ4n) is 2.39. The van der Waals surface area contributed by atoms with Crippen LogP contribution in [0.25, 0.3) is 11.0 Å². The Morgan fingerprint density at radius 2 is 2.22 bits per heavy atom. The summed E-state index contributed by atoms with van der Waals surface area (Å²) in [6, 6.07) is 1.98. The van der Waals surface area contributed by atoms with Gasteiger partial charge in [0.1, 0.15) is 6.33 Å². The van der Waals surface area contributed by atoms with Gasteiger partial charge in [-0.1, -0.05) is 6.92 Å². The molecule has 0 bridgehead atoms. The third kappa shape index (κ3) is 2.67. The average molecular weight is 313 g/mol. The second-order valence-electron chi connectivity index (χ2n) is 5.61. The first-order valence-electron chi connectivity index (χ1n) is 7.51. The van der Waals surface area contributed by atoms with Gasteiger partial charge in [0.2, 0.25) is 5.95 Å². The Bertz CT molecular complexity index is 864. The number of pyridine rings is 1. The summed E-state index contributed by atoms with van der Waals surface area (Å²) >= 11 is 0. The van der Waals surface area contributed by atoms with Crippen molar-refractivity contribution in [1.29, 1.82) is 0 Å². The summed E-state index contributed by atoms with van der Waals surface area (Å²) in [7, 11) is 1.77. The molecule has 0 aliphatic carbocycles. The lowest BCUT2D eigenvalue weighted by Gasteiger charge is -2.11. The topological polar surface area (TPSA) is 90.5 Å². The van der Waals surface area contributed by atoms with Gasteiger partial charge in [0.25, 0.3) is 5.91 Å². The first-order chi connectivity index (χ1) is 11.0. The summed E-state index contributed by atoms with van der Waals surface area (Å²) in [5, 5.41) is 15.5. The van der Waals surface area contributed by atoms with Crippen LogP contribution in [0.1, 0.15) is 42.4 Å². The summed E-state index contributed by atoms with van der Waals surface area (Å²) in [5.41, 5.74) is 2.03. The van der Waals surface area contributed by atoms with Crippen LogP contribution < -0.4 is 5.32 Å². The number of aromatic nitrogens is 6. The van der Waals surface area contributed by atoms with Gasteiger partial charge in [-0.25, -0.2) is 9.67 Å². The molecule has 0 aliphatic heterocycles. The minimum Gasteiger partial charge on any atom is -0.303 e. The monoisotopic (exact) mass is 313 g/mol. The van der Waals surface area contributed by atoms with Crippen LogP contribution in [0.15, 0.2) is 18.6 Å². The quantitative estimate of drug-likeness (QED) is 0.796. The standard InChI is InChI=1S/C15H19N7O/c1-5-10(3)22-13-12(7-17-22)11(6-9(2)18-13)14(23)19-15-20-16-8-21(15)4/h6-8,10H,5H2,1-4H3,(H,19,20,23). The smallest absolute Gasteiger partial charge is 0.258 e. The van der Waals surface area contributed by atoms with Crippen molar-refractivity contribution in [1.82, 2.24) is 29.5 Å². The van der Waals surface area contributed by atoms with Crippen LogP contribution >= 0.6 is 0 Å². The third-order valence-electron chi connectivity index (χ3n) is 3.88. The van der Waals surface area contributed by atoms with Crippen molar-refractivity contribution in [2.45, 2.75) is 33.2 Å². The lowest BCUT2D eigenvalue weighted by atomic mass is 10.1. The molecule has 0 saturated heterocycles. The molecule has 0 spiro atoms. The van der Waals surface area contributed by atoms with E-state index in [0.717, 1.165) is 23.1 Å². The predicted octanol–water partition coefficient (Wildman–Crippen LogP) is 2.09. The summed E-state index contributed by atoms with van der Waals surface area (Å²) in [6.45, 7) is 6.04. The number of hydrogen-bond acceptors (Lipinski definition) is 5. The molecule has 0 fully saturated rings. The number of anilines is 1. The highest BCUT2D eigenvalue weighted by Crippen LogP contribution is 2.22. The lowest BCUT2D eigenvalue weighted by Crippen LogP contribution is -2.16. The Hall–Kier alpha value is -2.77. The van der Waals surface area contributed by atoms with Crippen molar-refractivity contribution in [3.05, 3.63) is 29.8 Å². The number of carbonyl (C=O) groups excluding carboxylic acids is 1. The van der Waals surface area contributed by atoms with Gasteiger partial charge >= 0.3 is 0 Å². The number of nitrogens with one attached hydrogen (secondary N) is 1. The number of amides is 1. The normalized spacial score (nSPS) is 12.5. The number of nitrogens with zero attached hydrogens (tertiary/aromatic N) is 6. The van der Waals surface area contributed by atoms with Crippen LogP contribution in [0, 0.1) is 6.92 Å². The zero-order valence-corrected chi connectivity index (χ0v) is 13.6. The van der Waals surface area contributed by atoms with Gasteiger partial charge in [0.05, 0.1) is 23.2 Å². The summed E-state index contributed by atoms with van der Waals surface area (Å²) in [6.07, 6.45) is 4.16. The highest BCUT2D eigenvalue weighted by Gasteiger charge is 2.18. The summed E-state index contributed by atoms with van der Waals surface area (Å²) in [5.74, 6) is 0.146. The molecule has 0 radical (unpaired) electrons. The highest BCUT2D eigenvalue weighted by atomic mass is 16.1. The SMILES string of the molecule is CCC(C)n1ncc2c(C(=O)Nc3nncn3C)cc(C)nc21. The summed E-state index contributed by atoms with van der Waals surface area (Å²) < 4.78 is 3.51. The molecule has 1 N–H and O–H groups in total. The molecule has 0 aromatic carbocycles. The molecule has 120 valence electrons. The van der Waals surface area contributed by atoms with Crippen molar-refractivity contribution in [2.24, 2.45) is 7.05 Å². The molecule has 0 aliphatic rings. The minimum absolute atomic E-state index is 0.219. The zero-order chi connectivity index (χ0) is 16.6. The molecular formula is C15H19N7O. The van der Waals surface area contributed by atoms with Gasteiger partial charge in [-0.15, -0.1) is 10.2 Å². The van der Waals surface area contributed by atoms with Gasteiger partial charge in [-0.2, -0.15) is 5.10 Å². The maximum absolute atomic E-state index is 12.6. The van der Waals surface area contributed by atoms with Crippen LogP contribution in [-0.2, 0) is 7.05 Å². The molecule has 3 aromatic heterocycles. The van der Waals surface area contributed by atoms with Crippen molar-refractivity contribution in [2.75, 3.05) is 5.32 Å². The van der Waals surface area contributed by atoms with Gasteiger partial charge in [0.15, 0.2) is 5.65 Å². The second kappa shape index (κ2) is 5.79. The molecule has 23 heavy (non-hydrogen) atoms. The van der Waals surface area contributed by atoms with Gasteiger partial charge in [0, 0.05) is 12.7 Å². The van der Waals surface area contributed by atoms with E-state index in [1.165, 1.54) is 6.33 Å². The van der Waals surface area contributed by atoms with Crippen LogP contribution in [0.5, 0.6) is 0 Å². The lowest BCUT2D eigenvalue weighted by molar-refractivity contribution is 0.102. The Morgan fingerprint density at radius 1 is 1.43 bits per heavy atom. The number of aryl methyl sites for hydroxylation is 2. The average Bonchev–Trinajstić information content (AvgIpc) is 3.12. The van der Waals surface area contributed by atoms with Crippen molar-refractivity contribution in [3.8, 4) is 0 Å². The Kier molecular flexibility index (Phi) is 3.81. The molecule has 8 heteroatoms. The molecule has 1 amide bonds. The van der Waals surface area contributed by atoms with E-state index in [1.54, 1.807) is 23.9 Å². The zero-order valence-electron chi connectivity index (χ0n) is 13.6. The number of carbonyl (C=O) groups is 1. The number of rotatable bonds is 4. The molecule has 3 heterocycles. The molecule has 1 atom stereocenters. The van der Waals surface area contributed by atoms with E-state index in [-0.39, 0.29) is 11.9 Å². The fourth-order valence-corrected chi connectivity index (χ4v) is 2.39.